The number of carbonyl (C=O) groups is 1. The summed E-state index contributed by atoms with van der Waals surface area (Å²) in [6.07, 6.45) is 1.30. The van der Waals surface area contributed by atoms with Gasteiger partial charge in [0.15, 0.2) is 6.61 Å². The number of ether oxygens (including phenoxy) is 2. The van der Waals surface area contributed by atoms with Gasteiger partial charge in [0.2, 0.25) is 0 Å². The fraction of sp³-hybridized carbons (Fsp3) is 0.588. The summed E-state index contributed by atoms with van der Waals surface area (Å²) < 4.78 is 11.0. The van der Waals surface area contributed by atoms with Crippen molar-refractivity contribution in [2.24, 2.45) is 0 Å². The molecule has 1 aromatic rings. The summed E-state index contributed by atoms with van der Waals surface area (Å²) in [6, 6.07) is 8.10. The van der Waals surface area contributed by atoms with Crippen LogP contribution in [0.3, 0.4) is 0 Å². The number of thioether (sulfide) groups is 2. The molecular weight excluding hydrogens is 380 g/mol. The van der Waals surface area contributed by atoms with Crippen LogP contribution >= 0.6 is 35.9 Å². The third-order valence-corrected chi connectivity index (χ3v) is 6.47. The van der Waals surface area contributed by atoms with E-state index in [-0.39, 0.29) is 24.9 Å². The molecule has 0 aliphatic carbocycles. The summed E-state index contributed by atoms with van der Waals surface area (Å²) >= 11 is 4.00. The minimum Gasteiger partial charge on any atom is -0.484 e. The Hall–Kier alpha value is -0.600. The second-order valence-electron chi connectivity index (χ2n) is 5.38. The molecule has 1 aliphatic heterocycles. The van der Waals surface area contributed by atoms with Crippen LogP contribution in [0.4, 0.5) is 0 Å². The van der Waals surface area contributed by atoms with Gasteiger partial charge in [-0.25, -0.2) is 0 Å². The van der Waals surface area contributed by atoms with Crippen molar-refractivity contribution in [2.45, 2.75) is 11.0 Å². The van der Waals surface area contributed by atoms with Gasteiger partial charge in [0.1, 0.15) is 5.75 Å². The van der Waals surface area contributed by atoms with Gasteiger partial charge in [0, 0.05) is 26.7 Å². The Balaban J connectivity index is 0.00000312. The van der Waals surface area contributed by atoms with Gasteiger partial charge < -0.3 is 20.1 Å². The van der Waals surface area contributed by atoms with E-state index in [1.807, 2.05) is 35.7 Å². The third-order valence-electron chi connectivity index (χ3n) is 3.46. The first-order valence-corrected chi connectivity index (χ1v) is 10.3. The highest BCUT2D eigenvalue weighted by atomic mass is 35.5. The van der Waals surface area contributed by atoms with Crippen molar-refractivity contribution in [3.63, 3.8) is 0 Å². The molecule has 142 valence electrons. The third kappa shape index (κ3) is 9.06. The van der Waals surface area contributed by atoms with Gasteiger partial charge in [-0.2, -0.15) is 0 Å². The molecule has 2 N–H and O–H groups in total. The largest absolute Gasteiger partial charge is 0.484 e. The lowest BCUT2D eigenvalue weighted by Gasteiger charge is -2.21. The summed E-state index contributed by atoms with van der Waals surface area (Å²) in [5.74, 6) is 3.09. The van der Waals surface area contributed by atoms with E-state index in [2.05, 4.69) is 22.8 Å². The van der Waals surface area contributed by atoms with Gasteiger partial charge in [-0.1, -0.05) is 12.1 Å². The van der Waals surface area contributed by atoms with Gasteiger partial charge in [0.05, 0.1) is 11.2 Å². The molecule has 0 bridgehead atoms. The summed E-state index contributed by atoms with van der Waals surface area (Å²) in [5.41, 5.74) is 1.32. The van der Waals surface area contributed by atoms with Crippen molar-refractivity contribution in [1.29, 1.82) is 0 Å². The standard InChI is InChI=1S/C17H26N2O3S2.ClH/c1-21-10-9-18-7-8-19-16(20)13-22-15-5-3-14(4-6-15)17-23-11-2-12-24-17;/h3-6,17-18H,2,7-13H2,1H3,(H,19,20);1H. The summed E-state index contributed by atoms with van der Waals surface area (Å²) in [5, 5.41) is 5.99. The SMILES string of the molecule is COCCNCCNC(=O)COc1ccc(C2SCCCS2)cc1.Cl. The van der Waals surface area contributed by atoms with Gasteiger partial charge >= 0.3 is 0 Å². The first-order valence-electron chi connectivity index (χ1n) is 8.22. The number of methoxy groups -OCH3 is 1. The van der Waals surface area contributed by atoms with Crippen LogP contribution in [0.25, 0.3) is 0 Å². The van der Waals surface area contributed by atoms with Crippen molar-refractivity contribution in [1.82, 2.24) is 10.6 Å². The minimum atomic E-state index is -0.106. The molecule has 1 fully saturated rings. The van der Waals surface area contributed by atoms with E-state index in [4.69, 9.17) is 9.47 Å². The van der Waals surface area contributed by atoms with Crippen LogP contribution in [0.15, 0.2) is 24.3 Å². The van der Waals surface area contributed by atoms with Crippen LogP contribution < -0.4 is 15.4 Å². The zero-order valence-corrected chi connectivity index (χ0v) is 16.9. The number of amides is 1. The topological polar surface area (TPSA) is 59.6 Å². The van der Waals surface area contributed by atoms with Crippen LogP contribution in [0, 0.1) is 0 Å². The Morgan fingerprint density at radius 1 is 1.16 bits per heavy atom. The van der Waals surface area contributed by atoms with Gasteiger partial charge in [-0.05, 0) is 35.6 Å². The molecule has 1 saturated heterocycles. The van der Waals surface area contributed by atoms with Gasteiger partial charge in [0.25, 0.3) is 5.91 Å². The summed E-state index contributed by atoms with van der Waals surface area (Å²) in [4.78, 5) is 11.7. The monoisotopic (exact) mass is 406 g/mol. The van der Waals surface area contributed by atoms with Crippen LogP contribution in [0.5, 0.6) is 5.75 Å². The molecule has 0 unspecified atom stereocenters. The second-order valence-corrected chi connectivity index (χ2v) is 8.10. The molecule has 8 heteroatoms. The molecule has 0 radical (unpaired) electrons. The smallest absolute Gasteiger partial charge is 0.257 e. The minimum absolute atomic E-state index is 0. The number of halogens is 1. The lowest BCUT2D eigenvalue weighted by molar-refractivity contribution is -0.123. The zero-order valence-electron chi connectivity index (χ0n) is 14.5. The van der Waals surface area contributed by atoms with Crippen LogP contribution in [-0.4, -0.2) is 57.4 Å². The molecule has 0 atom stereocenters. The van der Waals surface area contributed by atoms with Crippen LogP contribution in [-0.2, 0) is 9.53 Å². The van der Waals surface area contributed by atoms with E-state index in [0.717, 1.165) is 18.8 Å². The molecular formula is C17H27ClN2O3S2. The average Bonchev–Trinajstić information content (AvgIpc) is 2.64. The zero-order chi connectivity index (χ0) is 17.0. The van der Waals surface area contributed by atoms with Crippen molar-refractivity contribution in [2.75, 3.05) is 51.5 Å². The number of hydrogen-bond donors (Lipinski definition) is 2. The Morgan fingerprint density at radius 3 is 2.56 bits per heavy atom. The number of benzene rings is 1. The molecule has 0 saturated carbocycles. The number of nitrogens with one attached hydrogen (secondary N) is 2. The van der Waals surface area contributed by atoms with E-state index >= 15 is 0 Å². The molecule has 0 spiro atoms. The molecule has 0 aromatic heterocycles. The van der Waals surface area contributed by atoms with Crippen molar-refractivity contribution in [3.8, 4) is 5.75 Å². The van der Waals surface area contributed by atoms with Crippen molar-refractivity contribution < 1.29 is 14.3 Å². The highest BCUT2D eigenvalue weighted by molar-refractivity contribution is 8.16. The van der Waals surface area contributed by atoms with E-state index in [1.165, 1.54) is 23.5 Å². The predicted molar refractivity (Wildman–Crippen MR) is 109 cm³/mol. The predicted octanol–water partition coefficient (Wildman–Crippen LogP) is 2.71. The highest BCUT2D eigenvalue weighted by Crippen LogP contribution is 2.43. The lowest BCUT2D eigenvalue weighted by Crippen LogP contribution is -2.35. The molecule has 1 heterocycles. The number of carbonyl (C=O) groups excluding carboxylic acids is 1. The maximum Gasteiger partial charge on any atom is 0.257 e. The molecule has 2 rings (SSSR count). The number of rotatable bonds is 10. The maximum atomic E-state index is 11.7. The van der Waals surface area contributed by atoms with Crippen LogP contribution in [0.2, 0.25) is 0 Å². The first-order chi connectivity index (χ1) is 11.8. The fourth-order valence-electron chi connectivity index (χ4n) is 2.19. The van der Waals surface area contributed by atoms with E-state index in [9.17, 15) is 4.79 Å². The van der Waals surface area contributed by atoms with E-state index < -0.39 is 0 Å². The van der Waals surface area contributed by atoms with E-state index in [1.54, 1.807) is 7.11 Å². The summed E-state index contributed by atoms with van der Waals surface area (Å²) in [6.45, 7) is 2.81. The normalized spacial score (nSPS) is 14.6. The molecule has 25 heavy (non-hydrogen) atoms. The van der Waals surface area contributed by atoms with Crippen LogP contribution in [0.1, 0.15) is 16.6 Å². The first kappa shape index (κ1) is 22.4. The Labute approximate surface area is 164 Å². The van der Waals surface area contributed by atoms with Gasteiger partial charge in [-0.15, -0.1) is 35.9 Å². The lowest BCUT2D eigenvalue weighted by atomic mass is 10.2. The van der Waals surface area contributed by atoms with Crippen molar-refractivity contribution in [3.05, 3.63) is 29.8 Å². The molecule has 1 aromatic carbocycles. The fourth-order valence-corrected chi connectivity index (χ4v) is 5.09. The van der Waals surface area contributed by atoms with Crippen molar-refractivity contribution >= 4 is 41.8 Å². The molecule has 1 amide bonds. The van der Waals surface area contributed by atoms with E-state index in [0.29, 0.717) is 17.7 Å². The highest BCUT2D eigenvalue weighted by Gasteiger charge is 2.16. The molecule has 5 nitrogen and oxygen atoms in total. The Kier molecular flexibility index (Phi) is 12.2. The average molecular weight is 407 g/mol. The van der Waals surface area contributed by atoms with Gasteiger partial charge in [-0.3, -0.25) is 4.79 Å². The maximum absolute atomic E-state index is 11.7. The molecule has 1 aliphatic rings. The second kappa shape index (κ2) is 13.6. The summed E-state index contributed by atoms with van der Waals surface area (Å²) in [7, 11) is 1.67. The Morgan fingerprint density at radius 2 is 1.88 bits per heavy atom. The number of hydrogen-bond acceptors (Lipinski definition) is 6. The quantitative estimate of drug-likeness (QED) is 0.582. The Bertz CT molecular complexity index is 485.